The first-order valence-corrected chi connectivity index (χ1v) is 7.81. The summed E-state index contributed by atoms with van der Waals surface area (Å²) in [4.78, 5) is 16.7. The van der Waals surface area contributed by atoms with Crippen molar-refractivity contribution in [3.05, 3.63) is 29.8 Å². The molecule has 1 saturated heterocycles. The summed E-state index contributed by atoms with van der Waals surface area (Å²) in [6, 6.07) is 8.73. The van der Waals surface area contributed by atoms with Gasteiger partial charge in [-0.05, 0) is 44.5 Å². The van der Waals surface area contributed by atoms with Crippen molar-refractivity contribution in [3.63, 3.8) is 0 Å². The molecule has 0 bridgehead atoms. The molecule has 1 aromatic rings. The molecule has 1 N–H and O–H groups in total. The Labute approximate surface area is 128 Å². The number of nitrogens with one attached hydrogen (secondary N) is 1. The van der Waals surface area contributed by atoms with Crippen molar-refractivity contribution in [1.82, 2.24) is 10.2 Å². The molecule has 1 aromatic carbocycles. The van der Waals surface area contributed by atoms with Crippen LogP contribution in [0.25, 0.3) is 0 Å². The van der Waals surface area contributed by atoms with Gasteiger partial charge < -0.3 is 15.1 Å². The number of carbonyl (C=O) groups is 1. The molecular formula is C17H27N3O. The fraction of sp³-hybridized carbons (Fsp3) is 0.588. The Kier molecular flexibility index (Phi) is 5.23. The number of amides is 1. The monoisotopic (exact) mass is 289 g/mol. The molecule has 21 heavy (non-hydrogen) atoms. The van der Waals surface area contributed by atoms with E-state index in [-0.39, 0.29) is 11.8 Å². The Hall–Kier alpha value is -1.55. The third-order valence-electron chi connectivity index (χ3n) is 4.36. The Morgan fingerprint density at radius 1 is 1.29 bits per heavy atom. The number of nitrogens with zero attached hydrogens (tertiary/aromatic N) is 2. The first kappa shape index (κ1) is 15.8. The van der Waals surface area contributed by atoms with Crippen LogP contribution in [0.2, 0.25) is 0 Å². The second kappa shape index (κ2) is 6.94. The van der Waals surface area contributed by atoms with Crippen LogP contribution in [0.1, 0.15) is 25.8 Å². The Morgan fingerprint density at radius 2 is 1.95 bits per heavy atom. The summed E-state index contributed by atoms with van der Waals surface area (Å²) in [5, 5.41) is 3.36. The molecule has 116 valence electrons. The molecular weight excluding hydrogens is 262 g/mol. The molecule has 1 fully saturated rings. The van der Waals surface area contributed by atoms with E-state index in [9.17, 15) is 4.79 Å². The van der Waals surface area contributed by atoms with E-state index in [4.69, 9.17) is 0 Å². The summed E-state index contributed by atoms with van der Waals surface area (Å²) >= 11 is 0. The van der Waals surface area contributed by atoms with Crippen LogP contribution in [0.5, 0.6) is 0 Å². The van der Waals surface area contributed by atoms with Crippen molar-refractivity contribution in [2.24, 2.45) is 5.92 Å². The van der Waals surface area contributed by atoms with Gasteiger partial charge in [0, 0.05) is 38.9 Å². The zero-order chi connectivity index (χ0) is 15.4. The van der Waals surface area contributed by atoms with Gasteiger partial charge in [0.1, 0.15) is 0 Å². The van der Waals surface area contributed by atoms with Gasteiger partial charge in [0.05, 0.1) is 5.92 Å². The van der Waals surface area contributed by atoms with E-state index in [0.717, 1.165) is 19.5 Å². The minimum atomic E-state index is 0.131. The van der Waals surface area contributed by atoms with E-state index in [1.54, 1.807) is 0 Å². The van der Waals surface area contributed by atoms with E-state index in [1.165, 1.54) is 11.3 Å². The number of hydrogen-bond acceptors (Lipinski definition) is 3. The van der Waals surface area contributed by atoms with Gasteiger partial charge in [-0.1, -0.05) is 12.1 Å². The second-order valence-electron chi connectivity index (χ2n) is 6.05. The summed E-state index contributed by atoms with van der Waals surface area (Å²) in [6.07, 6.45) is 0.954. The zero-order valence-electron chi connectivity index (χ0n) is 13.6. The van der Waals surface area contributed by atoms with Gasteiger partial charge in [-0.15, -0.1) is 0 Å². The highest BCUT2D eigenvalue weighted by Gasteiger charge is 2.32. The maximum atomic E-state index is 12.6. The largest absolute Gasteiger partial charge is 0.378 e. The van der Waals surface area contributed by atoms with Crippen LogP contribution < -0.4 is 10.2 Å². The lowest BCUT2D eigenvalue weighted by molar-refractivity contribution is -0.136. The minimum Gasteiger partial charge on any atom is -0.378 e. The first-order valence-electron chi connectivity index (χ1n) is 7.81. The lowest BCUT2D eigenvalue weighted by atomic mass is 10.00. The molecule has 4 heteroatoms. The molecule has 2 rings (SSSR count). The fourth-order valence-corrected chi connectivity index (χ4v) is 2.90. The third-order valence-corrected chi connectivity index (χ3v) is 4.36. The number of anilines is 1. The van der Waals surface area contributed by atoms with Crippen LogP contribution >= 0.6 is 0 Å². The van der Waals surface area contributed by atoms with E-state index in [0.29, 0.717) is 12.6 Å². The van der Waals surface area contributed by atoms with Crippen molar-refractivity contribution in [2.45, 2.75) is 32.9 Å². The van der Waals surface area contributed by atoms with E-state index in [1.807, 2.05) is 19.0 Å². The molecule has 2 atom stereocenters. The van der Waals surface area contributed by atoms with Gasteiger partial charge in [-0.25, -0.2) is 0 Å². The van der Waals surface area contributed by atoms with E-state index < -0.39 is 0 Å². The summed E-state index contributed by atoms with van der Waals surface area (Å²) in [5.41, 5.74) is 2.37. The topological polar surface area (TPSA) is 35.6 Å². The Balaban J connectivity index is 2.03. The highest BCUT2D eigenvalue weighted by molar-refractivity contribution is 5.80. The van der Waals surface area contributed by atoms with Crippen molar-refractivity contribution in [3.8, 4) is 0 Å². The van der Waals surface area contributed by atoms with Gasteiger partial charge in [0.15, 0.2) is 0 Å². The van der Waals surface area contributed by atoms with Crippen LogP contribution in [-0.2, 0) is 11.3 Å². The number of hydrogen-bond donors (Lipinski definition) is 1. The van der Waals surface area contributed by atoms with E-state index >= 15 is 0 Å². The van der Waals surface area contributed by atoms with Crippen molar-refractivity contribution >= 4 is 11.6 Å². The summed E-state index contributed by atoms with van der Waals surface area (Å²) in [6.45, 7) is 6.57. The van der Waals surface area contributed by atoms with Crippen LogP contribution in [0.3, 0.4) is 0 Å². The number of carbonyl (C=O) groups excluding carboxylic acids is 1. The predicted octanol–water partition coefficient (Wildman–Crippen LogP) is 2.10. The molecule has 0 saturated carbocycles. The molecule has 1 heterocycles. The molecule has 4 nitrogen and oxygen atoms in total. The zero-order valence-corrected chi connectivity index (χ0v) is 13.6. The molecule has 0 aromatic heterocycles. The fourth-order valence-electron chi connectivity index (χ4n) is 2.90. The quantitative estimate of drug-likeness (QED) is 0.901. The Bertz CT molecular complexity index is 469. The highest BCUT2D eigenvalue weighted by atomic mass is 16.2. The summed E-state index contributed by atoms with van der Waals surface area (Å²) < 4.78 is 0. The Morgan fingerprint density at radius 3 is 2.43 bits per heavy atom. The van der Waals surface area contributed by atoms with Crippen LogP contribution in [0.15, 0.2) is 24.3 Å². The number of benzene rings is 1. The normalized spacial score (nSPS) is 21.3. The van der Waals surface area contributed by atoms with Gasteiger partial charge in [0.25, 0.3) is 0 Å². The standard InChI is InChI=1S/C17H27N3O/c1-5-20(17(21)16-10-11-18-13(16)2)12-14-6-8-15(9-7-14)19(3)4/h6-9,13,16,18H,5,10-12H2,1-4H3. The summed E-state index contributed by atoms with van der Waals surface area (Å²) in [7, 11) is 4.07. The molecule has 0 spiro atoms. The minimum absolute atomic E-state index is 0.131. The second-order valence-corrected chi connectivity index (χ2v) is 6.05. The average Bonchev–Trinajstić information content (AvgIpc) is 2.90. The van der Waals surface area contributed by atoms with Gasteiger partial charge >= 0.3 is 0 Å². The smallest absolute Gasteiger partial charge is 0.227 e. The van der Waals surface area contributed by atoms with Crippen LogP contribution in [0, 0.1) is 5.92 Å². The lowest BCUT2D eigenvalue weighted by Gasteiger charge is -2.26. The van der Waals surface area contributed by atoms with Crippen molar-refractivity contribution in [1.29, 1.82) is 0 Å². The molecule has 2 unspecified atom stereocenters. The lowest BCUT2D eigenvalue weighted by Crippen LogP contribution is -2.39. The van der Waals surface area contributed by atoms with E-state index in [2.05, 4.69) is 48.3 Å². The van der Waals surface area contributed by atoms with Gasteiger partial charge in [0.2, 0.25) is 5.91 Å². The van der Waals surface area contributed by atoms with Gasteiger partial charge in [-0.3, -0.25) is 4.79 Å². The third kappa shape index (κ3) is 3.76. The van der Waals surface area contributed by atoms with Crippen molar-refractivity contribution < 1.29 is 4.79 Å². The molecule has 1 aliphatic heterocycles. The van der Waals surface area contributed by atoms with Crippen LogP contribution in [0.4, 0.5) is 5.69 Å². The van der Waals surface area contributed by atoms with Gasteiger partial charge in [-0.2, -0.15) is 0 Å². The average molecular weight is 289 g/mol. The van der Waals surface area contributed by atoms with Crippen LogP contribution in [-0.4, -0.2) is 44.0 Å². The maximum Gasteiger partial charge on any atom is 0.227 e. The molecule has 0 aliphatic carbocycles. The number of rotatable bonds is 5. The molecule has 1 aliphatic rings. The SMILES string of the molecule is CCN(Cc1ccc(N(C)C)cc1)C(=O)C1CCNC1C. The first-order chi connectivity index (χ1) is 10.0. The maximum absolute atomic E-state index is 12.6. The summed E-state index contributed by atoms with van der Waals surface area (Å²) in [5.74, 6) is 0.415. The molecule has 1 amide bonds. The van der Waals surface area contributed by atoms with Crippen molar-refractivity contribution in [2.75, 3.05) is 32.1 Å². The highest BCUT2D eigenvalue weighted by Crippen LogP contribution is 2.20. The predicted molar refractivity (Wildman–Crippen MR) is 87.4 cm³/mol. The molecule has 0 radical (unpaired) electrons.